The summed E-state index contributed by atoms with van der Waals surface area (Å²) in [5.41, 5.74) is -0.0273. The van der Waals surface area contributed by atoms with Crippen molar-refractivity contribution in [1.82, 2.24) is 0 Å². The molecule has 1 aromatic carbocycles. The third kappa shape index (κ3) is 3.20. The summed E-state index contributed by atoms with van der Waals surface area (Å²) in [6.07, 6.45) is 1.82. The Morgan fingerprint density at radius 2 is 2.19 bits per heavy atom. The number of carbonyl (C=O) groups is 1. The van der Waals surface area contributed by atoms with Crippen LogP contribution in [0.25, 0.3) is 0 Å². The van der Waals surface area contributed by atoms with Crippen molar-refractivity contribution in [1.29, 1.82) is 0 Å². The van der Waals surface area contributed by atoms with E-state index < -0.39 is 5.82 Å². The summed E-state index contributed by atoms with van der Waals surface area (Å²) in [6.45, 7) is 3.78. The van der Waals surface area contributed by atoms with E-state index in [1.54, 1.807) is 0 Å². The smallest absolute Gasteiger partial charge is 0.166 e. The predicted molar refractivity (Wildman–Crippen MR) is 61.8 cm³/mol. The lowest BCUT2D eigenvalue weighted by molar-refractivity contribution is 0.100. The lowest BCUT2D eigenvalue weighted by atomic mass is 10.1. The van der Waals surface area contributed by atoms with Gasteiger partial charge in [-0.2, -0.15) is 0 Å². The SMILES string of the molecule is CCCCOc1cc(Cl)cc(F)c1C(C)=O. The number of hydrogen-bond acceptors (Lipinski definition) is 2. The van der Waals surface area contributed by atoms with E-state index >= 15 is 0 Å². The quantitative estimate of drug-likeness (QED) is 0.581. The maximum absolute atomic E-state index is 13.5. The first-order valence-electron chi connectivity index (χ1n) is 5.19. The molecule has 0 unspecified atom stereocenters. The fourth-order valence-electron chi connectivity index (χ4n) is 1.33. The number of hydrogen-bond donors (Lipinski definition) is 0. The van der Waals surface area contributed by atoms with E-state index in [-0.39, 0.29) is 22.1 Å². The molecule has 0 heterocycles. The minimum absolute atomic E-state index is 0.0273. The first-order valence-corrected chi connectivity index (χ1v) is 5.56. The van der Waals surface area contributed by atoms with Crippen molar-refractivity contribution in [2.45, 2.75) is 26.7 Å². The van der Waals surface area contributed by atoms with Crippen molar-refractivity contribution in [3.8, 4) is 5.75 Å². The van der Waals surface area contributed by atoms with Gasteiger partial charge >= 0.3 is 0 Å². The van der Waals surface area contributed by atoms with E-state index in [1.165, 1.54) is 13.0 Å². The Kier molecular flexibility index (Phi) is 4.74. The summed E-state index contributed by atoms with van der Waals surface area (Å²) in [4.78, 5) is 11.3. The summed E-state index contributed by atoms with van der Waals surface area (Å²) in [6, 6.07) is 2.59. The van der Waals surface area contributed by atoms with Gasteiger partial charge in [0.15, 0.2) is 5.78 Å². The van der Waals surface area contributed by atoms with Gasteiger partial charge in [0.25, 0.3) is 0 Å². The van der Waals surface area contributed by atoms with Gasteiger partial charge in [0.2, 0.25) is 0 Å². The summed E-state index contributed by atoms with van der Waals surface area (Å²) >= 11 is 5.71. The van der Waals surface area contributed by atoms with Gasteiger partial charge in [-0.25, -0.2) is 4.39 Å². The molecular weight excluding hydrogens is 231 g/mol. The van der Waals surface area contributed by atoms with E-state index in [1.807, 2.05) is 6.92 Å². The molecule has 0 aliphatic heterocycles. The number of ether oxygens (including phenoxy) is 1. The molecule has 1 aromatic rings. The molecule has 0 aliphatic carbocycles. The Labute approximate surface area is 99.4 Å². The maximum atomic E-state index is 13.5. The molecule has 0 saturated heterocycles. The molecule has 16 heavy (non-hydrogen) atoms. The lowest BCUT2D eigenvalue weighted by Crippen LogP contribution is -2.05. The Morgan fingerprint density at radius 1 is 1.50 bits per heavy atom. The molecule has 2 nitrogen and oxygen atoms in total. The fourth-order valence-corrected chi connectivity index (χ4v) is 1.53. The highest BCUT2D eigenvalue weighted by atomic mass is 35.5. The molecule has 0 aromatic heterocycles. The van der Waals surface area contributed by atoms with E-state index in [0.29, 0.717) is 6.61 Å². The standard InChI is InChI=1S/C12H14ClFO2/c1-3-4-5-16-11-7-9(13)6-10(14)12(11)8(2)15/h6-7H,3-5H2,1-2H3. The van der Waals surface area contributed by atoms with Gasteiger partial charge in [0.05, 0.1) is 12.2 Å². The Hall–Kier alpha value is -1.09. The average Bonchev–Trinajstić information content (AvgIpc) is 2.16. The van der Waals surface area contributed by atoms with Crippen molar-refractivity contribution >= 4 is 17.4 Å². The molecule has 0 radical (unpaired) electrons. The Balaban J connectivity index is 2.99. The minimum Gasteiger partial charge on any atom is -0.493 e. The zero-order chi connectivity index (χ0) is 12.1. The van der Waals surface area contributed by atoms with Crippen molar-refractivity contribution < 1.29 is 13.9 Å². The van der Waals surface area contributed by atoms with Gasteiger partial charge < -0.3 is 4.74 Å². The first-order chi connectivity index (χ1) is 7.56. The third-order valence-electron chi connectivity index (χ3n) is 2.13. The van der Waals surface area contributed by atoms with Crippen LogP contribution in [0, 0.1) is 5.82 Å². The molecule has 1 rings (SSSR count). The number of rotatable bonds is 5. The molecule has 0 amide bonds. The van der Waals surface area contributed by atoms with Crippen LogP contribution in [0.15, 0.2) is 12.1 Å². The summed E-state index contributed by atoms with van der Waals surface area (Å²) < 4.78 is 18.8. The highest BCUT2D eigenvalue weighted by Crippen LogP contribution is 2.27. The van der Waals surface area contributed by atoms with Gasteiger partial charge in [-0.15, -0.1) is 0 Å². The molecule has 0 fully saturated rings. The van der Waals surface area contributed by atoms with Gasteiger partial charge in [-0.3, -0.25) is 4.79 Å². The van der Waals surface area contributed by atoms with E-state index in [2.05, 4.69) is 0 Å². The second-order valence-corrected chi connectivity index (χ2v) is 3.96. The van der Waals surface area contributed by atoms with Crippen LogP contribution in [0.4, 0.5) is 4.39 Å². The predicted octanol–water partition coefficient (Wildman–Crippen LogP) is 3.86. The van der Waals surface area contributed by atoms with Crippen molar-refractivity contribution in [2.75, 3.05) is 6.61 Å². The largest absolute Gasteiger partial charge is 0.493 e. The van der Waals surface area contributed by atoms with Crippen LogP contribution in [0.2, 0.25) is 5.02 Å². The zero-order valence-corrected chi connectivity index (χ0v) is 10.1. The second-order valence-electron chi connectivity index (χ2n) is 3.52. The monoisotopic (exact) mass is 244 g/mol. The molecule has 0 bridgehead atoms. The van der Waals surface area contributed by atoms with Crippen LogP contribution in [0.3, 0.4) is 0 Å². The molecular formula is C12H14ClFO2. The molecule has 0 saturated carbocycles. The summed E-state index contributed by atoms with van der Waals surface area (Å²) in [5, 5.41) is 0.231. The van der Waals surface area contributed by atoms with Gasteiger partial charge in [-0.1, -0.05) is 24.9 Å². The highest BCUT2D eigenvalue weighted by molar-refractivity contribution is 6.30. The van der Waals surface area contributed by atoms with Gasteiger partial charge in [0.1, 0.15) is 11.6 Å². The van der Waals surface area contributed by atoms with E-state index in [4.69, 9.17) is 16.3 Å². The number of unbranched alkanes of at least 4 members (excludes halogenated alkanes) is 1. The number of carbonyl (C=O) groups excluding carboxylic acids is 1. The summed E-state index contributed by atoms with van der Waals surface area (Å²) in [7, 11) is 0. The lowest BCUT2D eigenvalue weighted by Gasteiger charge is -2.10. The van der Waals surface area contributed by atoms with E-state index in [0.717, 1.165) is 18.9 Å². The molecule has 0 atom stereocenters. The molecule has 0 N–H and O–H groups in total. The Morgan fingerprint density at radius 3 is 2.75 bits per heavy atom. The highest BCUT2D eigenvalue weighted by Gasteiger charge is 2.15. The minimum atomic E-state index is -0.633. The topological polar surface area (TPSA) is 26.3 Å². The first kappa shape index (κ1) is 13.0. The summed E-state index contributed by atoms with van der Waals surface area (Å²) in [5.74, 6) is -0.766. The van der Waals surface area contributed by atoms with Crippen LogP contribution in [-0.2, 0) is 0 Å². The van der Waals surface area contributed by atoms with Crippen molar-refractivity contribution in [3.05, 3.63) is 28.5 Å². The number of Topliss-reactive ketones (excluding diaryl/α,β-unsaturated/α-hetero) is 1. The third-order valence-corrected chi connectivity index (χ3v) is 2.34. The normalized spacial score (nSPS) is 10.2. The Bertz CT molecular complexity index is 391. The average molecular weight is 245 g/mol. The van der Waals surface area contributed by atoms with Crippen molar-refractivity contribution in [3.63, 3.8) is 0 Å². The molecule has 0 spiro atoms. The second kappa shape index (κ2) is 5.85. The van der Waals surface area contributed by atoms with Gasteiger partial charge in [0, 0.05) is 5.02 Å². The maximum Gasteiger partial charge on any atom is 0.166 e. The fraction of sp³-hybridized carbons (Fsp3) is 0.417. The molecule has 0 aliphatic rings. The molecule has 88 valence electrons. The number of halogens is 2. The number of benzene rings is 1. The van der Waals surface area contributed by atoms with Crippen LogP contribution in [0.5, 0.6) is 5.75 Å². The molecule has 4 heteroatoms. The van der Waals surface area contributed by atoms with Crippen molar-refractivity contribution in [2.24, 2.45) is 0 Å². The van der Waals surface area contributed by atoms with Crippen LogP contribution >= 0.6 is 11.6 Å². The van der Waals surface area contributed by atoms with Crippen LogP contribution in [0.1, 0.15) is 37.0 Å². The zero-order valence-electron chi connectivity index (χ0n) is 9.35. The van der Waals surface area contributed by atoms with E-state index in [9.17, 15) is 9.18 Å². The van der Waals surface area contributed by atoms with Crippen LogP contribution < -0.4 is 4.74 Å². The van der Waals surface area contributed by atoms with Gasteiger partial charge in [-0.05, 0) is 25.5 Å². The van der Waals surface area contributed by atoms with Crippen LogP contribution in [-0.4, -0.2) is 12.4 Å². The number of ketones is 1.